The topological polar surface area (TPSA) is 0 Å². The first-order chi connectivity index (χ1) is 15.1. The predicted molar refractivity (Wildman–Crippen MR) is 136 cm³/mol. The maximum absolute atomic E-state index is 4.57. The van der Waals surface area contributed by atoms with Gasteiger partial charge in [-0.2, -0.15) is 0 Å². The van der Waals surface area contributed by atoms with E-state index in [1.165, 1.54) is 74.5 Å². The molecule has 0 spiro atoms. The van der Waals surface area contributed by atoms with Gasteiger partial charge < -0.3 is 0 Å². The van der Waals surface area contributed by atoms with Crippen LogP contribution < -0.4 is 0 Å². The van der Waals surface area contributed by atoms with Gasteiger partial charge in [-0.3, -0.25) is 0 Å². The van der Waals surface area contributed by atoms with Crippen LogP contribution >= 0.6 is 0 Å². The van der Waals surface area contributed by atoms with Crippen LogP contribution in [-0.2, 0) is 6.42 Å². The molecular weight excluding hydrogens is 372 g/mol. The quantitative estimate of drug-likeness (QED) is 0.378. The molecule has 0 amide bonds. The summed E-state index contributed by atoms with van der Waals surface area (Å²) >= 11 is 0. The summed E-state index contributed by atoms with van der Waals surface area (Å²) in [6.07, 6.45) is 20.4. The number of allylic oxidation sites excluding steroid dienone is 7. The Morgan fingerprint density at radius 1 is 1.00 bits per heavy atom. The molecule has 1 atom stereocenters. The molecule has 0 bridgehead atoms. The number of hydrogen-bond donors (Lipinski definition) is 0. The van der Waals surface area contributed by atoms with Crippen LogP contribution in [0.1, 0.15) is 89.7 Å². The summed E-state index contributed by atoms with van der Waals surface area (Å²) in [5.74, 6) is 2.90. The highest BCUT2D eigenvalue weighted by molar-refractivity contribution is 5.74. The van der Waals surface area contributed by atoms with Crippen molar-refractivity contribution in [1.29, 1.82) is 0 Å². The molecular formula is C31H42. The molecule has 3 aliphatic carbocycles. The molecule has 0 radical (unpaired) electrons. The van der Waals surface area contributed by atoms with Gasteiger partial charge in [0, 0.05) is 5.92 Å². The molecule has 1 saturated carbocycles. The molecule has 0 heterocycles. The summed E-state index contributed by atoms with van der Waals surface area (Å²) < 4.78 is 0. The van der Waals surface area contributed by atoms with E-state index in [0.717, 1.165) is 18.3 Å². The summed E-state index contributed by atoms with van der Waals surface area (Å²) in [5, 5.41) is 0. The van der Waals surface area contributed by atoms with Crippen LogP contribution in [0.5, 0.6) is 0 Å². The number of benzene rings is 1. The van der Waals surface area contributed by atoms with Crippen molar-refractivity contribution < 1.29 is 0 Å². The number of fused-ring (bicyclic) bond motifs is 1. The third kappa shape index (κ3) is 4.84. The minimum absolute atomic E-state index is 0.575. The molecule has 0 N–H and O–H groups in total. The van der Waals surface area contributed by atoms with Gasteiger partial charge >= 0.3 is 0 Å². The second-order valence-electron chi connectivity index (χ2n) is 10.3. The van der Waals surface area contributed by atoms with E-state index in [1.54, 1.807) is 16.7 Å². The normalized spacial score (nSPS) is 25.3. The molecule has 0 aliphatic heterocycles. The van der Waals surface area contributed by atoms with E-state index in [4.69, 9.17) is 0 Å². The standard InChI is InChI=1S/C31H42/c1-5-9-25(10-6-2)22(3)29-19-18-28(23(29)4)21-24-13-15-27(16-14-24)31-20-17-26-11-7-8-12-30(26)31/h7-8,11-12,18-20,23-25,27H,3,5-6,9-10,13-17,21H2,1-2,4H3. The molecule has 0 heteroatoms. The summed E-state index contributed by atoms with van der Waals surface area (Å²) in [7, 11) is 0. The van der Waals surface area contributed by atoms with Crippen LogP contribution in [0.15, 0.2) is 65.8 Å². The lowest BCUT2D eigenvalue weighted by atomic mass is 9.74. The molecule has 1 unspecified atom stereocenters. The van der Waals surface area contributed by atoms with Crippen molar-refractivity contribution >= 4 is 5.57 Å². The number of rotatable bonds is 9. The Balaban J connectivity index is 1.29. The lowest BCUT2D eigenvalue weighted by molar-refractivity contribution is 0.311. The van der Waals surface area contributed by atoms with E-state index in [9.17, 15) is 0 Å². The second kappa shape index (κ2) is 10.2. The lowest BCUT2D eigenvalue weighted by Gasteiger charge is -2.31. The Hall–Kier alpha value is -1.82. The fourth-order valence-electron chi connectivity index (χ4n) is 6.45. The smallest absolute Gasteiger partial charge is 0.00256 e. The van der Waals surface area contributed by atoms with Crippen molar-refractivity contribution in [2.75, 3.05) is 0 Å². The third-order valence-corrected chi connectivity index (χ3v) is 8.32. The average molecular weight is 415 g/mol. The largest absolute Gasteiger partial charge is 0.0953 e. The van der Waals surface area contributed by atoms with Crippen LogP contribution in [-0.4, -0.2) is 0 Å². The van der Waals surface area contributed by atoms with Crippen molar-refractivity contribution in [2.24, 2.45) is 23.7 Å². The van der Waals surface area contributed by atoms with Crippen molar-refractivity contribution in [3.8, 4) is 0 Å². The third-order valence-electron chi connectivity index (χ3n) is 8.32. The first-order valence-electron chi connectivity index (χ1n) is 13.0. The van der Waals surface area contributed by atoms with E-state index in [0.29, 0.717) is 11.8 Å². The van der Waals surface area contributed by atoms with Gasteiger partial charge in [-0.05, 0) is 97.0 Å². The zero-order valence-electron chi connectivity index (χ0n) is 20.1. The molecule has 1 aromatic carbocycles. The Bertz CT molecular complexity index is 863. The monoisotopic (exact) mass is 414 g/mol. The summed E-state index contributed by atoms with van der Waals surface area (Å²) in [4.78, 5) is 0. The zero-order valence-corrected chi connectivity index (χ0v) is 20.1. The van der Waals surface area contributed by atoms with E-state index in [-0.39, 0.29) is 0 Å². The van der Waals surface area contributed by atoms with Crippen LogP contribution in [0.2, 0.25) is 0 Å². The van der Waals surface area contributed by atoms with Gasteiger partial charge in [0.1, 0.15) is 0 Å². The Labute approximate surface area is 191 Å². The van der Waals surface area contributed by atoms with Gasteiger partial charge in [0.25, 0.3) is 0 Å². The lowest BCUT2D eigenvalue weighted by Crippen LogP contribution is -2.17. The molecule has 0 aromatic heterocycles. The van der Waals surface area contributed by atoms with E-state index < -0.39 is 0 Å². The van der Waals surface area contributed by atoms with Gasteiger partial charge in [-0.25, -0.2) is 0 Å². The Morgan fingerprint density at radius 2 is 1.71 bits per heavy atom. The molecule has 3 aliphatic rings. The maximum atomic E-state index is 4.57. The van der Waals surface area contributed by atoms with Crippen LogP contribution in [0, 0.1) is 23.7 Å². The highest BCUT2D eigenvalue weighted by Gasteiger charge is 2.30. The fourth-order valence-corrected chi connectivity index (χ4v) is 6.45. The molecule has 1 aromatic rings. The first-order valence-corrected chi connectivity index (χ1v) is 13.0. The van der Waals surface area contributed by atoms with E-state index >= 15 is 0 Å². The minimum Gasteiger partial charge on any atom is -0.0953 e. The maximum Gasteiger partial charge on any atom is 0.00256 e. The van der Waals surface area contributed by atoms with Gasteiger partial charge in [0.05, 0.1) is 0 Å². The van der Waals surface area contributed by atoms with Crippen LogP contribution in [0.3, 0.4) is 0 Å². The molecule has 4 rings (SSSR count). The van der Waals surface area contributed by atoms with E-state index in [1.807, 2.05) is 0 Å². The highest BCUT2D eigenvalue weighted by atomic mass is 14.3. The SMILES string of the molecule is C=C(C1=CC=C(CC2CCC(C3=CCc4ccccc43)CC2)C1C)C(CCC)CCC. The van der Waals surface area contributed by atoms with E-state index in [2.05, 4.69) is 69.8 Å². The summed E-state index contributed by atoms with van der Waals surface area (Å²) in [6, 6.07) is 9.05. The Morgan fingerprint density at radius 3 is 2.42 bits per heavy atom. The van der Waals surface area contributed by atoms with Gasteiger partial charge in [-0.15, -0.1) is 0 Å². The highest BCUT2D eigenvalue weighted by Crippen LogP contribution is 2.45. The van der Waals surface area contributed by atoms with Crippen molar-refractivity contribution in [1.82, 2.24) is 0 Å². The van der Waals surface area contributed by atoms with Gasteiger partial charge in [0.15, 0.2) is 0 Å². The van der Waals surface area contributed by atoms with Crippen molar-refractivity contribution in [3.05, 3.63) is 76.9 Å². The van der Waals surface area contributed by atoms with Gasteiger partial charge in [-0.1, -0.05) is 88.3 Å². The number of hydrogen-bond acceptors (Lipinski definition) is 0. The zero-order chi connectivity index (χ0) is 21.8. The average Bonchev–Trinajstić information content (AvgIpc) is 3.38. The molecule has 0 nitrogen and oxygen atoms in total. The predicted octanol–water partition coefficient (Wildman–Crippen LogP) is 9.10. The van der Waals surface area contributed by atoms with Crippen LogP contribution in [0.4, 0.5) is 0 Å². The Kier molecular flexibility index (Phi) is 7.36. The van der Waals surface area contributed by atoms with Crippen LogP contribution in [0.25, 0.3) is 5.57 Å². The summed E-state index contributed by atoms with van der Waals surface area (Å²) in [5.41, 5.74) is 9.35. The molecule has 1 fully saturated rings. The molecule has 31 heavy (non-hydrogen) atoms. The van der Waals surface area contributed by atoms with Crippen molar-refractivity contribution in [2.45, 2.75) is 85.0 Å². The second-order valence-corrected chi connectivity index (χ2v) is 10.3. The van der Waals surface area contributed by atoms with Crippen molar-refractivity contribution in [3.63, 3.8) is 0 Å². The van der Waals surface area contributed by atoms with Gasteiger partial charge in [0.2, 0.25) is 0 Å². The summed E-state index contributed by atoms with van der Waals surface area (Å²) in [6.45, 7) is 11.6. The first kappa shape index (κ1) is 22.4. The molecule has 166 valence electrons. The fraction of sp³-hybridized carbons (Fsp3) is 0.548. The minimum atomic E-state index is 0.575. The molecule has 0 saturated heterocycles.